The topological polar surface area (TPSA) is 12.0 Å². The van der Waals surface area contributed by atoms with Crippen molar-refractivity contribution in [2.75, 3.05) is 13.1 Å². The van der Waals surface area contributed by atoms with Crippen molar-refractivity contribution in [3.8, 4) is 0 Å². The molecule has 0 aliphatic carbocycles. The van der Waals surface area contributed by atoms with Crippen molar-refractivity contribution in [1.82, 2.24) is 5.32 Å². The molecule has 1 rings (SSSR count). The molecular weight excluding hydrogens is 218 g/mol. The summed E-state index contributed by atoms with van der Waals surface area (Å²) >= 11 is 0. The maximum absolute atomic E-state index is 3.50. The molecular formula is C17H29N. The second kappa shape index (κ2) is 10.1. The van der Waals surface area contributed by atoms with Crippen LogP contribution in [0.1, 0.15) is 63.9 Å². The Hall–Kier alpha value is -0.820. The molecule has 0 fully saturated rings. The minimum atomic E-state index is 0.688. The molecule has 0 heterocycles. The Labute approximate surface area is 113 Å². The largest absolute Gasteiger partial charge is 0.316 e. The Kier molecular flexibility index (Phi) is 8.58. The highest BCUT2D eigenvalue weighted by Gasteiger charge is 2.09. The van der Waals surface area contributed by atoms with E-state index < -0.39 is 0 Å². The molecule has 1 N–H and O–H groups in total. The van der Waals surface area contributed by atoms with Crippen molar-refractivity contribution in [3.05, 3.63) is 35.9 Å². The lowest BCUT2D eigenvalue weighted by Crippen LogP contribution is -2.21. The first-order valence-electron chi connectivity index (χ1n) is 7.64. The van der Waals surface area contributed by atoms with Crippen LogP contribution in [0.15, 0.2) is 30.3 Å². The monoisotopic (exact) mass is 247 g/mol. The van der Waals surface area contributed by atoms with Crippen molar-refractivity contribution >= 4 is 0 Å². The predicted octanol–water partition coefficient (Wildman–Crippen LogP) is 4.74. The molecule has 0 amide bonds. The maximum Gasteiger partial charge on any atom is 0.00200 e. The quantitative estimate of drug-likeness (QED) is 0.589. The fourth-order valence-corrected chi connectivity index (χ4v) is 2.42. The van der Waals surface area contributed by atoms with Crippen LogP contribution in [0.25, 0.3) is 0 Å². The lowest BCUT2D eigenvalue weighted by molar-refractivity contribution is 0.516. The average molecular weight is 247 g/mol. The van der Waals surface area contributed by atoms with E-state index in [1.165, 1.54) is 44.1 Å². The maximum atomic E-state index is 3.50. The lowest BCUT2D eigenvalue weighted by Gasteiger charge is -2.17. The van der Waals surface area contributed by atoms with Gasteiger partial charge in [0.2, 0.25) is 0 Å². The Bertz CT molecular complexity index is 281. The van der Waals surface area contributed by atoms with Crippen LogP contribution in [-0.2, 0) is 0 Å². The van der Waals surface area contributed by atoms with Crippen molar-refractivity contribution < 1.29 is 0 Å². The molecule has 1 aromatic carbocycles. The SMILES string of the molecule is CCCCCCCC(CNCC)c1ccccc1. The van der Waals surface area contributed by atoms with Crippen LogP contribution in [0.5, 0.6) is 0 Å². The zero-order chi connectivity index (χ0) is 13.1. The molecule has 0 bridgehead atoms. The van der Waals surface area contributed by atoms with E-state index in [1.807, 2.05) is 0 Å². The molecule has 0 aliphatic rings. The van der Waals surface area contributed by atoms with Crippen LogP contribution in [0.2, 0.25) is 0 Å². The Balaban J connectivity index is 2.36. The number of unbranched alkanes of at least 4 members (excludes halogenated alkanes) is 4. The Morgan fingerprint density at radius 2 is 1.67 bits per heavy atom. The van der Waals surface area contributed by atoms with Crippen molar-refractivity contribution in [2.45, 2.75) is 58.3 Å². The van der Waals surface area contributed by atoms with Crippen LogP contribution in [-0.4, -0.2) is 13.1 Å². The summed E-state index contributed by atoms with van der Waals surface area (Å²) in [7, 11) is 0. The predicted molar refractivity (Wildman–Crippen MR) is 81.1 cm³/mol. The Morgan fingerprint density at radius 3 is 2.33 bits per heavy atom. The van der Waals surface area contributed by atoms with Gasteiger partial charge in [-0.05, 0) is 24.4 Å². The van der Waals surface area contributed by atoms with Gasteiger partial charge in [0.05, 0.1) is 0 Å². The van der Waals surface area contributed by atoms with E-state index in [0.29, 0.717) is 5.92 Å². The second-order valence-corrected chi connectivity index (χ2v) is 5.12. The fraction of sp³-hybridized carbons (Fsp3) is 0.647. The van der Waals surface area contributed by atoms with E-state index in [9.17, 15) is 0 Å². The molecule has 0 radical (unpaired) electrons. The van der Waals surface area contributed by atoms with Crippen molar-refractivity contribution in [1.29, 1.82) is 0 Å². The van der Waals surface area contributed by atoms with Crippen molar-refractivity contribution in [3.63, 3.8) is 0 Å². The molecule has 1 nitrogen and oxygen atoms in total. The van der Waals surface area contributed by atoms with Crippen LogP contribution in [0.3, 0.4) is 0 Å². The molecule has 1 unspecified atom stereocenters. The summed E-state index contributed by atoms with van der Waals surface area (Å²) < 4.78 is 0. The average Bonchev–Trinajstić information content (AvgIpc) is 2.43. The van der Waals surface area contributed by atoms with Gasteiger partial charge in [0.1, 0.15) is 0 Å². The molecule has 1 atom stereocenters. The van der Waals surface area contributed by atoms with Gasteiger partial charge >= 0.3 is 0 Å². The molecule has 0 aliphatic heterocycles. The molecule has 0 saturated carbocycles. The molecule has 1 heteroatoms. The van der Waals surface area contributed by atoms with Gasteiger partial charge in [-0.25, -0.2) is 0 Å². The molecule has 1 aromatic rings. The third-order valence-electron chi connectivity index (χ3n) is 3.57. The zero-order valence-corrected chi connectivity index (χ0v) is 12.1. The van der Waals surface area contributed by atoms with Gasteiger partial charge < -0.3 is 5.32 Å². The molecule has 102 valence electrons. The van der Waals surface area contributed by atoms with Crippen LogP contribution < -0.4 is 5.32 Å². The highest BCUT2D eigenvalue weighted by molar-refractivity contribution is 5.19. The molecule has 0 saturated heterocycles. The summed E-state index contributed by atoms with van der Waals surface area (Å²) in [4.78, 5) is 0. The first kappa shape index (κ1) is 15.2. The van der Waals surface area contributed by atoms with E-state index >= 15 is 0 Å². The smallest absolute Gasteiger partial charge is 0.00200 e. The van der Waals surface area contributed by atoms with E-state index in [-0.39, 0.29) is 0 Å². The molecule has 0 spiro atoms. The number of rotatable bonds is 10. The highest BCUT2D eigenvalue weighted by Crippen LogP contribution is 2.22. The van der Waals surface area contributed by atoms with Gasteiger partial charge in [-0.3, -0.25) is 0 Å². The van der Waals surface area contributed by atoms with E-state index in [2.05, 4.69) is 49.5 Å². The normalized spacial score (nSPS) is 12.6. The minimum absolute atomic E-state index is 0.688. The van der Waals surface area contributed by atoms with E-state index in [4.69, 9.17) is 0 Å². The summed E-state index contributed by atoms with van der Waals surface area (Å²) in [6.45, 7) is 6.65. The summed E-state index contributed by atoms with van der Waals surface area (Å²) in [5.41, 5.74) is 1.49. The second-order valence-electron chi connectivity index (χ2n) is 5.12. The highest BCUT2D eigenvalue weighted by atomic mass is 14.8. The van der Waals surface area contributed by atoms with Gasteiger partial charge in [-0.2, -0.15) is 0 Å². The number of hydrogen-bond donors (Lipinski definition) is 1. The number of benzene rings is 1. The van der Waals surface area contributed by atoms with Crippen LogP contribution in [0.4, 0.5) is 0 Å². The summed E-state index contributed by atoms with van der Waals surface area (Å²) in [5.74, 6) is 0.688. The van der Waals surface area contributed by atoms with Gasteiger partial charge in [-0.15, -0.1) is 0 Å². The van der Waals surface area contributed by atoms with E-state index in [1.54, 1.807) is 0 Å². The number of likely N-dealkylation sites (N-methyl/N-ethyl adjacent to an activating group) is 1. The van der Waals surface area contributed by atoms with Crippen LogP contribution in [0, 0.1) is 0 Å². The third-order valence-corrected chi connectivity index (χ3v) is 3.57. The fourth-order valence-electron chi connectivity index (χ4n) is 2.42. The first-order valence-corrected chi connectivity index (χ1v) is 7.64. The lowest BCUT2D eigenvalue weighted by atomic mass is 9.93. The third kappa shape index (κ3) is 6.20. The van der Waals surface area contributed by atoms with Gasteiger partial charge in [0, 0.05) is 6.54 Å². The summed E-state index contributed by atoms with van der Waals surface area (Å²) in [5, 5.41) is 3.50. The van der Waals surface area contributed by atoms with Gasteiger partial charge in [0.25, 0.3) is 0 Å². The van der Waals surface area contributed by atoms with Crippen LogP contribution >= 0.6 is 0 Å². The Morgan fingerprint density at radius 1 is 0.944 bits per heavy atom. The first-order chi connectivity index (χ1) is 8.88. The molecule has 18 heavy (non-hydrogen) atoms. The standard InChI is InChI=1S/C17H29N/c1-3-5-6-7-9-14-17(15-18-4-2)16-12-10-8-11-13-16/h8,10-13,17-18H,3-7,9,14-15H2,1-2H3. The van der Waals surface area contributed by atoms with E-state index in [0.717, 1.165) is 13.1 Å². The molecule has 0 aromatic heterocycles. The van der Waals surface area contributed by atoms with Gasteiger partial charge in [-0.1, -0.05) is 76.3 Å². The van der Waals surface area contributed by atoms with Gasteiger partial charge in [0.15, 0.2) is 0 Å². The zero-order valence-electron chi connectivity index (χ0n) is 12.1. The summed E-state index contributed by atoms with van der Waals surface area (Å²) in [6, 6.07) is 11.0. The summed E-state index contributed by atoms with van der Waals surface area (Å²) in [6.07, 6.45) is 8.21. The number of hydrogen-bond acceptors (Lipinski definition) is 1. The number of nitrogens with one attached hydrogen (secondary N) is 1. The minimum Gasteiger partial charge on any atom is -0.316 e. The van der Waals surface area contributed by atoms with Crippen molar-refractivity contribution in [2.24, 2.45) is 0 Å².